The second kappa shape index (κ2) is 6.87. The Bertz CT molecular complexity index is 1030. The van der Waals surface area contributed by atoms with Crippen LogP contribution < -0.4 is 20.3 Å². The molecule has 3 rings (SSSR count). The van der Waals surface area contributed by atoms with E-state index in [0.29, 0.717) is 22.8 Å². The summed E-state index contributed by atoms with van der Waals surface area (Å²) in [7, 11) is 2.93. The maximum atomic E-state index is 12.8. The van der Waals surface area contributed by atoms with Crippen molar-refractivity contribution in [2.75, 3.05) is 19.5 Å². The van der Waals surface area contributed by atoms with Crippen LogP contribution in [-0.4, -0.2) is 29.5 Å². The van der Waals surface area contributed by atoms with Gasteiger partial charge in [0, 0.05) is 6.20 Å². The van der Waals surface area contributed by atoms with Gasteiger partial charge in [-0.3, -0.25) is 14.0 Å². The number of rotatable bonds is 4. The standard InChI is InChI=1S/C19H19N3O4/c1-11-8-9-15-20-12(2)17(19(24)22(15)10-11)21-18(23)16-13(25-3)6-5-7-14(16)26-4/h5-10H,1-4H3,(H,21,23). The van der Waals surface area contributed by atoms with Crippen molar-refractivity contribution in [1.82, 2.24) is 9.38 Å². The minimum Gasteiger partial charge on any atom is -0.496 e. The molecule has 3 aromatic rings. The minimum atomic E-state index is -0.506. The van der Waals surface area contributed by atoms with E-state index >= 15 is 0 Å². The quantitative estimate of drug-likeness (QED) is 0.780. The molecule has 0 aliphatic rings. The molecule has 26 heavy (non-hydrogen) atoms. The van der Waals surface area contributed by atoms with Gasteiger partial charge in [0.2, 0.25) is 0 Å². The maximum absolute atomic E-state index is 12.8. The lowest BCUT2D eigenvalue weighted by molar-refractivity contribution is 0.102. The number of nitrogens with zero attached hydrogens (tertiary/aromatic N) is 2. The van der Waals surface area contributed by atoms with E-state index < -0.39 is 5.91 Å². The zero-order chi connectivity index (χ0) is 18.8. The number of nitrogens with one attached hydrogen (secondary N) is 1. The largest absolute Gasteiger partial charge is 0.496 e. The average Bonchev–Trinajstić information content (AvgIpc) is 2.64. The number of carbonyl (C=O) groups excluding carboxylic acids is 1. The summed E-state index contributed by atoms with van der Waals surface area (Å²) in [6.07, 6.45) is 1.68. The number of aromatic nitrogens is 2. The summed E-state index contributed by atoms with van der Waals surface area (Å²) in [5.41, 5.74) is 1.84. The predicted molar refractivity (Wildman–Crippen MR) is 98.4 cm³/mol. The topological polar surface area (TPSA) is 81.9 Å². The number of aryl methyl sites for hydroxylation is 2. The van der Waals surface area contributed by atoms with Crippen LogP contribution in [0, 0.1) is 13.8 Å². The summed E-state index contributed by atoms with van der Waals surface area (Å²) >= 11 is 0. The van der Waals surface area contributed by atoms with Crippen molar-refractivity contribution in [1.29, 1.82) is 0 Å². The van der Waals surface area contributed by atoms with Crippen molar-refractivity contribution >= 4 is 17.2 Å². The van der Waals surface area contributed by atoms with Gasteiger partial charge in [-0.25, -0.2) is 4.98 Å². The van der Waals surface area contributed by atoms with Crippen LogP contribution in [0.15, 0.2) is 41.3 Å². The molecule has 2 heterocycles. The second-order valence-corrected chi connectivity index (χ2v) is 5.80. The number of benzene rings is 1. The summed E-state index contributed by atoms with van der Waals surface area (Å²) in [6.45, 7) is 3.56. The number of fused-ring (bicyclic) bond motifs is 1. The van der Waals surface area contributed by atoms with E-state index in [-0.39, 0.29) is 16.8 Å². The molecule has 2 aromatic heterocycles. The molecule has 1 amide bonds. The fraction of sp³-hybridized carbons (Fsp3) is 0.211. The third-order valence-corrected chi connectivity index (χ3v) is 4.04. The molecule has 1 N–H and O–H groups in total. The van der Waals surface area contributed by atoms with Crippen LogP contribution in [0.3, 0.4) is 0 Å². The van der Waals surface area contributed by atoms with Gasteiger partial charge in [-0.15, -0.1) is 0 Å². The molecular weight excluding hydrogens is 334 g/mol. The lowest BCUT2D eigenvalue weighted by Gasteiger charge is -2.14. The average molecular weight is 353 g/mol. The van der Waals surface area contributed by atoms with Crippen molar-refractivity contribution in [3.63, 3.8) is 0 Å². The van der Waals surface area contributed by atoms with E-state index in [1.54, 1.807) is 37.4 Å². The Balaban J connectivity index is 2.10. The maximum Gasteiger partial charge on any atom is 0.281 e. The first-order chi connectivity index (χ1) is 12.5. The fourth-order valence-corrected chi connectivity index (χ4v) is 2.75. The number of anilines is 1. The van der Waals surface area contributed by atoms with Gasteiger partial charge in [-0.1, -0.05) is 12.1 Å². The number of methoxy groups -OCH3 is 2. The van der Waals surface area contributed by atoms with Gasteiger partial charge in [0.1, 0.15) is 28.4 Å². The lowest BCUT2D eigenvalue weighted by atomic mass is 10.1. The minimum absolute atomic E-state index is 0.117. The van der Waals surface area contributed by atoms with Gasteiger partial charge < -0.3 is 14.8 Å². The number of hydrogen-bond acceptors (Lipinski definition) is 5. The number of amides is 1. The molecule has 0 saturated carbocycles. The molecule has 0 spiro atoms. The van der Waals surface area contributed by atoms with E-state index in [1.807, 2.05) is 13.0 Å². The Labute approximate surface area is 150 Å². The van der Waals surface area contributed by atoms with Gasteiger partial charge in [0.25, 0.3) is 11.5 Å². The number of pyridine rings is 1. The van der Waals surface area contributed by atoms with Crippen LogP contribution in [0.1, 0.15) is 21.6 Å². The van der Waals surface area contributed by atoms with Gasteiger partial charge in [-0.2, -0.15) is 0 Å². The highest BCUT2D eigenvalue weighted by Gasteiger charge is 2.21. The molecule has 0 unspecified atom stereocenters. The van der Waals surface area contributed by atoms with Gasteiger partial charge in [0.05, 0.1) is 19.9 Å². The summed E-state index contributed by atoms with van der Waals surface area (Å²) in [5.74, 6) is 0.197. The first kappa shape index (κ1) is 17.5. The zero-order valence-corrected chi connectivity index (χ0v) is 15.0. The molecule has 0 aliphatic heterocycles. The lowest BCUT2D eigenvalue weighted by Crippen LogP contribution is -2.25. The molecule has 134 valence electrons. The normalized spacial score (nSPS) is 10.6. The molecule has 7 heteroatoms. The first-order valence-corrected chi connectivity index (χ1v) is 7.98. The van der Waals surface area contributed by atoms with Crippen molar-refractivity contribution in [3.05, 3.63) is 63.7 Å². The molecule has 0 saturated heterocycles. The van der Waals surface area contributed by atoms with E-state index in [0.717, 1.165) is 5.56 Å². The van der Waals surface area contributed by atoms with Crippen LogP contribution >= 0.6 is 0 Å². The summed E-state index contributed by atoms with van der Waals surface area (Å²) in [6, 6.07) is 8.66. The van der Waals surface area contributed by atoms with Crippen molar-refractivity contribution < 1.29 is 14.3 Å². The van der Waals surface area contributed by atoms with Crippen LogP contribution in [-0.2, 0) is 0 Å². The van der Waals surface area contributed by atoms with Gasteiger partial charge in [-0.05, 0) is 37.6 Å². The summed E-state index contributed by atoms with van der Waals surface area (Å²) in [4.78, 5) is 30.1. The first-order valence-electron chi connectivity index (χ1n) is 7.98. The molecule has 0 aliphatic carbocycles. The highest BCUT2D eigenvalue weighted by atomic mass is 16.5. The Morgan fingerprint density at radius 3 is 2.35 bits per heavy atom. The Kier molecular flexibility index (Phi) is 4.62. The van der Waals surface area contributed by atoms with Crippen LogP contribution in [0.25, 0.3) is 5.65 Å². The van der Waals surface area contributed by atoms with Gasteiger partial charge in [0.15, 0.2) is 0 Å². The number of ether oxygens (including phenoxy) is 2. The van der Waals surface area contributed by atoms with Crippen LogP contribution in [0.4, 0.5) is 5.69 Å². The highest BCUT2D eigenvalue weighted by Crippen LogP contribution is 2.29. The Morgan fingerprint density at radius 2 is 1.73 bits per heavy atom. The van der Waals surface area contributed by atoms with E-state index in [1.165, 1.54) is 18.6 Å². The van der Waals surface area contributed by atoms with Crippen molar-refractivity contribution in [3.8, 4) is 11.5 Å². The SMILES string of the molecule is COc1cccc(OC)c1C(=O)Nc1c(C)nc2ccc(C)cn2c1=O. The highest BCUT2D eigenvalue weighted by molar-refractivity contribution is 6.08. The number of carbonyl (C=O) groups is 1. The van der Waals surface area contributed by atoms with E-state index in [2.05, 4.69) is 10.3 Å². The monoisotopic (exact) mass is 353 g/mol. The van der Waals surface area contributed by atoms with Gasteiger partial charge >= 0.3 is 0 Å². The predicted octanol–water partition coefficient (Wildman–Crippen LogP) is 2.58. The second-order valence-electron chi connectivity index (χ2n) is 5.80. The molecule has 1 aromatic carbocycles. The smallest absolute Gasteiger partial charge is 0.281 e. The molecule has 0 atom stereocenters. The van der Waals surface area contributed by atoms with Crippen molar-refractivity contribution in [2.45, 2.75) is 13.8 Å². The molecule has 0 bridgehead atoms. The van der Waals surface area contributed by atoms with Crippen molar-refractivity contribution in [2.24, 2.45) is 0 Å². The summed E-state index contributed by atoms with van der Waals surface area (Å²) in [5, 5.41) is 2.66. The molecule has 7 nitrogen and oxygen atoms in total. The Hall–Kier alpha value is -3.35. The molecule has 0 radical (unpaired) electrons. The summed E-state index contributed by atoms with van der Waals surface area (Å²) < 4.78 is 11.9. The van der Waals surface area contributed by atoms with E-state index in [4.69, 9.17) is 9.47 Å². The molecule has 0 fully saturated rings. The molecular formula is C19H19N3O4. The fourth-order valence-electron chi connectivity index (χ4n) is 2.75. The third kappa shape index (κ3) is 2.99. The third-order valence-electron chi connectivity index (χ3n) is 4.04. The number of hydrogen-bond donors (Lipinski definition) is 1. The van der Waals surface area contributed by atoms with Crippen LogP contribution in [0.5, 0.6) is 11.5 Å². The Morgan fingerprint density at radius 1 is 1.08 bits per heavy atom. The van der Waals surface area contributed by atoms with Crippen LogP contribution in [0.2, 0.25) is 0 Å². The zero-order valence-electron chi connectivity index (χ0n) is 15.0. The van der Waals surface area contributed by atoms with E-state index in [9.17, 15) is 9.59 Å².